The largest absolute Gasteiger partial charge is 0.481 e. The van der Waals surface area contributed by atoms with Crippen LogP contribution in [0.25, 0.3) is 0 Å². The van der Waals surface area contributed by atoms with Crippen LogP contribution in [0.15, 0.2) is 24.3 Å². The normalized spacial score (nSPS) is 16.9. The number of piperidine rings is 1. The van der Waals surface area contributed by atoms with Crippen molar-refractivity contribution in [2.75, 3.05) is 19.6 Å². The second-order valence-electron chi connectivity index (χ2n) is 6.19. The molecular weight excluding hydrogens is 373 g/mol. The maximum Gasteiger partial charge on any atom is 0.471 e. The van der Waals surface area contributed by atoms with Gasteiger partial charge in [-0.15, -0.1) is 0 Å². The molecule has 1 N–H and O–H groups in total. The molecule has 1 aromatic carbocycles. The van der Waals surface area contributed by atoms with Gasteiger partial charge in [0, 0.05) is 24.7 Å². The summed E-state index contributed by atoms with van der Waals surface area (Å²) in [6.45, 7) is 2.02. The lowest BCUT2D eigenvalue weighted by molar-refractivity contribution is -0.186. The molecule has 1 atom stereocenters. The average Bonchev–Trinajstić information content (AvgIpc) is 2.60. The van der Waals surface area contributed by atoms with Crippen LogP contribution >= 0.6 is 11.6 Å². The summed E-state index contributed by atoms with van der Waals surface area (Å²) < 4.78 is 42.7. The van der Waals surface area contributed by atoms with Crippen LogP contribution < -0.4 is 10.1 Å². The Morgan fingerprint density at radius 2 is 1.85 bits per heavy atom. The number of nitrogens with zero attached hydrogens (tertiary/aromatic N) is 1. The fraction of sp³-hybridized carbons (Fsp3) is 0.529. The molecule has 0 radical (unpaired) electrons. The van der Waals surface area contributed by atoms with Crippen molar-refractivity contribution in [1.29, 1.82) is 0 Å². The van der Waals surface area contributed by atoms with E-state index in [9.17, 15) is 22.8 Å². The highest BCUT2D eigenvalue weighted by molar-refractivity contribution is 6.30. The molecule has 9 heteroatoms. The third kappa shape index (κ3) is 5.79. The van der Waals surface area contributed by atoms with E-state index in [1.54, 1.807) is 31.2 Å². The molecule has 144 valence electrons. The molecule has 2 rings (SSSR count). The number of hydrogen-bond acceptors (Lipinski definition) is 3. The monoisotopic (exact) mass is 392 g/mol. The van der Waals surface area contributed by atoms with Crippen molar-refractivity contribution in [2.45, 2.75) is 32.0 Å². The fourth-order valence-corrected chi connectivity index (χ4v) is 2.80. The summed E-state index contributed by atoms with van der Waals surface area (Å²) in [7, 11) is 0. The summed E-state index contributed by atoms with van der Waals surface area (Å²) in [5.74, 6) is -1.58. The van der Waals surface area contributed by atoms with E-state index in [-0.39, 0.29) is 24.9 Å². The predicted octanol–water partition coefficient (Wildman–Crippen LogP) is 3.02. The van der Waals surface area contributed by atoms with Crippen LogP contribution in [0.1, 0.15) is 19.8 Å². The number of ether oxygens (including phenoxy) is 1. The van der Waals surface area contributed by atoms with E-state index < -0.39 is 18.2 Å². The smallest absolute Gasteiger partial charge is 0.471 e. The lowest BCUT2D eigenvalue weighted by atomic mass is 9.96. The molecule has 1 fully saturated rings. The first-order valence-corrected chi connectivity index (χ1v) is 8.60. The van der Waals surface area contributed by atoms with Crippen molar-refractivity contribution < 1.29 is 27.5 Å². The van der Waals surface area contributed by atoms with Crippen LogP contribution in [0.3, 0.4) is 0 Å². The van der Waals surface area contributed by atoms with Gasteiger partial charge in [0.2, 0.25) is 0 Å². The van der Waals surface area contributed by atoms with Crippen molar-refractivity contribution in [3.8, 4) is 5.75 Å². The highest BCUT2D eigenvalue weighted by Crippen LogP contribution is 2.23. The summed E-state index contributed by atoms with van der Waals surface area (Å²) in [5, 5.41) is 3.30. The second kappa shape index (κ2) is 8.62. The summed E-state index contributed by atoms with van der Waals surface area (Å²) in [4.78, 5) is 24.1. The number of alkyl halides is 3. The van der Waals surface area contributed by atoms with E-state index in [0.717, 1.165) is 4.90 Å². The summed E-state index contributed by atoms with van der Waals surface area (Å²) in [6.07, 6.45) is -4.73. The summed E-state index contributed by atoms with van der Waals surface area (Å²) >= 11 is 5.78. The van der Waals surface area contributed by atoms with E-state index in [1.165, 1.54) is 0 Å². The number of carbonyl (C=O) groups is 2. The van der Waals surface area contributed by atoms with E-state index in [0.29, 0.717) is 30.2 Å². The quantitative estimate of drug-likeness (QED) is 0.838. The highest BCUT2D eigenvalue weighted by atomic mass is 35.5. The van der Waals surface area contributed by atoms with Gasteiger partial charge in [0.1, 0.15) is 5.75 Å². The van der Waals surface area contributed by atoms with Crippen molar-refractivity contribution in [2.24, 2.45) is 5.92 Å². The maximum atomic E-state index is 12.4. The van der Waals surface area contributed by atoms with Gasteiger partial charge in [-0.05, 0) is 49.9 Å². The molecular formula is C17H20ClF3N2O3. The van der Waals surface area contributed by atoms with Crippen LogP contribution in [0.2, 0.25) is 5.02 Å². The minimum atomic E-state index is -4.84. The summed E-state index contributed by atoms with van der Waals surface area (Å²) in [5.41, 5.74) is 0. The van der Waals surface area contributed by atoms with Crippen molar-refractivity contribution in [3.63, 3.8) is 0 Å². The van der Waals surface area contributed by atoms with Gasteiger partial charge in [-0.3, -0.25) is 9.59 Å². The highest BCUT2D eigenvalue weighted by Gasteiger charge is 2.43. The zero-order valence-corrected chi connectivity index (χ0v) is 14.9. The minimum Gasteiger partial charge on any atom is -0.481 e. The molecule has 1 unspecified atom stereocenters. The van der Waals surface area contributed by atoms with Crippen LogP contribution in [0.5, 0.6) is 5.75 Å². The third-order valence-corrected chi connectivity index (χ3v) is 4.46. The topological polar surface area (TPSA) is 58.6 Å². The van der Waals surface area contributed by atoms with Crippen molar-refractivity contribution >= 4 is 23.4 Å². The maximum absolute atomic E-state index is 12.4. The molecule has 1 heterocycles. The van der Waals surface area contributed by atoms with Gasteiger partial charge in [-0.1, -0.05) is 11.6 Å². The Bertz CT molecular complexity index is 629. The molecule has 0 bridgehead atoms. The fourth-order valence-electron chi connectivity index (χ4n) is 2.68. The molecule has 1 aromatic rings. The lowest BCUT2D eigenvalue weighted by Crippen LogP contribution is -2.47. The van der Waals surface area contributed by atoms with E-state index in [1.807, 2.05) is 0 Å². The Morgan fingerprint density at radius 1 is 1.27 bits per heavy atom. The molecule has 5 nitrogen and oxygen atoms in total. The Kier molecular flexibility index (Phi) is 6.75. The zero-order chi connectivity index (χ0) is 19.3. The molecule has 0 saturated carbocycles. The molecule has 1 aliphatic heterocycles. The molecule has 0 aromatic heterocycles. The Morgan fingerprint density at radius 3 is 2.38 bits per heavy atom. The van der Waals surface area contributed by atoms with Crippen molar-refractivity contribution in [1.82, 2.24) is 10.2 Å². The SMILES string of the molecule is CC(Oc1ccc(Cl)cc1)C(=O)NCC1CCN(C(=O)C(F)(F)F)CC1. The Balaban J connectivity index is 1.73. The molecule has 26 heavy (non-hydrogen) atoms. The molecule has 2 amide bonds. The van der Waals surface area contributed by atoms with Crippen LogP contribution in [-0.4, -0.2) is 48.6 Å². The number of carbonyl (C=O) groups excluding carboxylic acids is 2. The minimum absolute atomic E-state index is 0.0268. The number of rotatable bonds is 5. The molecule has 0 spiro atoms. The number of hydrogen-bond donors (Lipinski definition) is 1. The zero-order valence-electron chi connectivity index (χ0n) is 14.2. The number of amides is 2. The first-order chi connectivity index (χ1) is 12.2. The van der Waals surface area contributed by atoms with Gasteiger partial charge >= 0.3 is 12.1 Å². The Hall–Kier alpha value is -1.96. The van der Waals surface area contributed by atoms with Crippen LogP contribution in [-0.2, 0) is 9.59 Å². The van der Waals surface area contributed by atoms with Gasteiger partial charge < -0.3 is 15.0 Å². The van der Waals surface area contributed by atoms with E-state index in [2.05, 4.69) is 5.32 Å². The van der Waals surface area contributed by atoms with Gasteiger partial charge in [0.25, 0.3) is 5.91 Å². The number of likely N-dealkylation sites (tertiary alicyclic amines) is 1. The van der Waals surface area contributed by atoms with Gasteiger partial charge in [-0.2, -0.15) is 13.2 Å². The molecule has 1 saturated heterocycles. The second-order valence-corrected chi connectivity index (χ2v) is 6.63. The molecule has 1 aliphatic rings. The van der Waals surface area contributed by atoms with E-state index in [4.69, 9.17) is 16.3 Å². The van der Waals surface area contributed by atoms with Crippen LogP contribution in [0.4, 0.5) is 13.2 Å². The average molecular weight is 393 g/mol. The predicted molar refractivity (Wildman–Crippen MR) is 89.9 cm³/mol. The third-order valence-electron chi connectivity index (χ3n) is 4.20. The number of benzene rings is 1. The van der Waals surface area contributed by atoms with Crippen LogP contribution in [0, 0.1) is 5.92 Å². The number of nitrogens with one attached hydrogen (secondary N) is 1. The first kappa shape index (κ1) is 20.4. The van der Waals surface area contributed by atoms with E-state index >= 15 is 0 Å². The van der Waals surface area contributed by atoms with Gasteiger partial charge in [-0.25, -0.2) is 0 Å². The molecule has 0 aliphatic carbocycles. The first-order valence-electron chi connectivity index (χ1n) is 8.23. The summed E-state index contributed by atoms with van der Waals surface area (Å²) in [6, 6.07) is 6.61. The van der Waals surface area contributed by atoms with Gasteiger partial charge in [0.05, 0.1) is 0 Å². The Labute approximate surface area is 154 Å². The van der Waals surface area contributed by atoms with Crippen molar-refractivity contribution in [3.05, 3.63) is 29.3 Å². The number of halogens is 4. The van der Waals surface area contributed by atoms with Gasteiger partial charge in [0.15, 0.2) is 6.10 Å². The standard InChI is InChI=1S/C17H20ClF3N2O3/c1-11(26-14-4-2-13(18)3-5-14)15(24)22-10-12-6-8-23(9-7-12)16(25)17(19,20)21/h2-5,11-12H,6-10H2,1H3,(H,22,24). The lowest BCUT2D eigenvalue weighted by Gasteiger charge is -2.32.